The summed E-state index contributed by atoms with van der Waals surface area (Å²) in [7, 11) is 1.96. The second-order valence-electron chi connectivity index (χ2n) is 4.25. The van der Waals surface area contributed by atoms with E-state index in [4.69, 9.17) is 4.74 Å². The SMILES string of the molecule is Cn1nc(Br)c2ccc(C3CNCCO3)cc21. The lowest BCUT2D eigenvalue weighted by Gasteiger charge is -2.24. The lowest BCUT2D eigenvalue weighted by atomic mass is 10.1. The molecule has 17 heavy (non-hydrogen) atoms. The predicted octanol–water partition coefficient (Wildman–Crippen LogP) is 2.00. The van der Waals surface area contributed by atoms with E-state index in [1.54, 1.807) is 0 Å². The van der Waals surface area contributed by atoms with Gasteiger partial charge >= 0.3 is 0 Å². The number of rotatable bonds is 1. The average molecular weight is 296 g/mol. The maximum Gasteiger partial charge on any atom is 0.135 e. The molecule has 1 aromatic carbocycles. The Kier molecular flexibility index (Phi) is 2.90. The van der Waals surface area contributed by atoms with Crippen LogP contribution in [0.15, 0.2) is 22.8 Å². The summed E-state index contributed by atoms with van der Waals surface area (Å²) in [4.78, 5) is 0. The first-order chi connectivity index (χ1) is 8.25. The van der Waals surface area contributed by atoms with E-state index >= 15 is 0 Å². The Balaban J connectivity index is 2.03. The van der Waals surface area contributed by atoms with Crippen LogP contribution in [0.25, 0.3) is 10.9 Å². The molecular formula is C12H14BrN3O. The van der Waals surface area contributed by atoms with Gasteiger partial charge in [0.15, 0.2) is 0 Å². The van der Waals surface area contributed by atoms with Crippen molar-refractivity contribution < 1.29 is 4.74 Å². The van der Waals surface area contributed by atoms with Gasteiger partial charge in [-0.15, -0.1) is 0 Å². The molecule has 1 saturated heterocycles. The van der Waals surface area contributed by atoms with E-state index in [1.807, 2.05) is 11.7 Å². The fourth-order valence-electron chi connectivity index (χ4n) is 2.21. The molecule has 0 saturated carbocycles. The first-order valence-electron chi connectivity index (χ1n) is 5.70. The molecule has 0 amide bonds. The van der Waals surface area contributed by atoms with Crippen LogP contribution in [0.1, 0.15) is 11.7 Å². The van der Waals surface area contributed by atoms with E-state index in [1.165, 1.54) is 5.56 Å². The molecule has 2 aromatic rings. The summed E-state index contributed by atoms with van der Waals surface area (Å²) in [6, 6.07) is 6.37. The number of nitrogens with zero attached hydrogens (tertiary/aromatic N) is 2. The highest BCUT2D eigenvalue weighted by Gasteiger charge is 2.17. The summed E-state index contributed by atoms with van der Waals surface area (Å²) in [6.07, 6.45) is 0.154. The van der Waals surface area contributed by atoms with Gasteiger partial charge in [-0.3, -0.25) is 4.68 Å². The summed E-state index contributed by atoms with van der Waals surface area (Å²) in [5.74, 6) is 0. The molecular weight excluding hydrogens is 282 g/mol. The third kappa shape index (κ3) is 1.99. The number of hydrogen-bond acceptors (Lipinski definition) is 3. The van der Waals surface area contributed by atoms with Crippen molar-refractivity contribution in [1.29, 1.82) is 0 Å². The second-order valence-corrected chi connectivity index (χ2v) is 5.01. The average Bonchev–Trinajstić information content (AvgIpc) is 2.66. The lowest BCUT2D eigenvalue weighted by Crippen LogP contribution is -2.33. The van der Waals surface area contributed by atoms with Gasteiger partial charge in [-0.1, -0.05) is 6.07 Å². The van der Waals surface area contributed by atoms with Crippen molar-refractivity contribution in [2.45, 2.75) is 6.10 Å². The van der Waals surface area contributed by atoms with Crippen LogP contribution in [0, 0.1) is 0 Å². The summed E-state index contributed by atoms with van der Waals surface area (Å²) in [5.41, 5.74) is 2.34. The van der Waals surface area contributed by atoms with Crippen molar-refractivity contribution in [1.82, 2.24) is 15.1 Å². The number of halogens is 1. The van der Waals surface area contributed by atoms with E-state index < -0.39 is 0 Å². The van der Waals surface area contributed by atoms with Gasteiger partial charge in [0, 0.05) is 25.5 Å². The Morgan fingerprint density at radius 2 is 2.41 bits per heavy atom. The van der Waals surface area contributed by atoms with Crippen molar-refractivity contribution in [3.63, 3.8) is 0 Å². The molecule has 1 aromatic heterocycles. The summed E-state index contributed by atoms with van der Waals surface area (Å²) < 4.78 is 8.54. The van der Waals surface area contributed by atoms with Crippen LogP contribution in [0.3, 0.4) is 0 Å². The van der Waals surface area contributed by atoms with Gasteiger partial charge in [0.25, 0.3) is 0 Å². The van der Waals surface area contributed by atoms with E-state index in [0.29, 0.717) is 0 Å². The van der Waals surface area contributed by atoms with Crippen molar-refractivity contribution in [2.24, 2.45) is 7.05 Å². The molecule has 3 rings (SSSR count). The molecule has 0 spiro atoms. The standard InChI is InChI=1S/C12H14BrN3O/c1-16-10-6-8(11-7-14-4-5-17-11)2-3-9(10)12(13)15-16/h2-3,6,11,14H,4-5,7H2,1H3. The summed E-state index contributed by atoms with van der Waals surface area (Å²) in [6.45, 7) is 2.60. The van der Waals surface area contributed by atoms with E-state index in [2.05, 4.69) is 44.5 Å². The number of morpholine rings is 1. The van der Waals surface area contributed by atoms with Crippen molar-refractivity contribution in [3.8, 4) is 0 Å². The molecule has 1 N–H and O–H groups in total. The number of benzene rings is 1. The molecule has 1 unspecified atom stereocenters. The Labute approximate surface area is 108 Å². The van der Waals surface area contributed by atoms with Crippen LogP contribution in [0.2, 0.25) is 0 Å². The molecule has 0 bridgehead atoms. The molecule has 2 heterocycles. The van der Waals surface area contributed by atoms with Crippen LogP contribution in [0.5, 0.6) is 0 Å². The third-order valence-corrected chi connectivity index (χ3v) is 3.72. The minimum Gasteiger partial charge on any atom is -0.371 e. The number of ether oxygens (including phenoxy) is 1. The van der Waals surface area contributed by atoms with Crippen molar-refractivity contribution in [3.05, 3.63) is 28.4 Å². The van der Waals surface area contributed by atoms with Crippen LogP contribution in [-0.2, 0) is 11.8 Å². The van der Waals surface area contributed by atoms with Gasteiger partial charge in [-0.05, 0) is 33.6 Å². The highest BCUT2D eigenvalue weighted by molar-refractivity contribution is 9.10. The number of nitrogens with one attached hydrogen (secondary N) is 1. The topological polar surface area (TPSA) is 39.1 Å². The Hall–Kier alpha value is -0.910. The zero-order chi connectivity index (χ0) is 11.8. The maximum absolute atomic E-state index is 5.76. The van der Waals surface area contributed by atoms with Crippen LogP contribution in [0.4, 0.5) is 0 Å². The predicted molar refractivity (Wildman–Crippen MR) is 70.0 cm³/mol. The third-order valence-electron chi connectivity index (χ3n) is 3.13. The first-order valence-corrected chi connectivity index (χ1v) is 6.49. The molecule has 1 atom stereocenters. The first kappa shape index (κ1) is 11.2. The molecule has 1 aliphatic rings. The van der Waals surface area contributed by atoms with Crippen LogP contribution < -0.4 is 5.32 Å². The smallest absolute Gasteiger partial charge is 0.135 e. The molecule has 1 fully saturated rings. The van der Waals surface area contributed by atoms with Gasteiger partial charge in [-0.25, -0.2) is 0 Å². The molecule has 5 heteroatoms. The van der Waals surface area contributed by atoms with Crippen molar-refractivity contribution in [2.75, 3.05) is 19.7 Å². The zero-order valence-corrected chi connectivity index (χ0v) is 11.2. The van der Waals surface area contributed by atoms with Crippen LogP contribution >= 0.6 is 15.9 Å². The normalized spacial score (nSPS) is 20.9. The lowest BCUT2D eigenvalue weighted by molar-refractivity contribution is 0.0278. The van der Waals surface area contributed by atoms with Gasteiger partial charge < -0.3 is 10.1 Å². The van der Waals surface area contributed by atoms with Gasteiger partial charge in [0.05, 0.1) is 18.2 Å². The Bertz CT molecular complexity index is 546. The minimum atomic E-state index is 0.154. The fourth-order valence-corrected chi connectivity index (χ4v) is 2.78. The maximum atomic E-state index is 5.76. The summed E-state index contributed by atoms with van der Waals surface area (Å²) >= 11 is 3.46. The van der Waals surface area contributed by atoms with E-state index in [9.17, 15) is 0 Å². The molecule has 1 aliphatic heterocycles. The number of hydrogen-bond donors (Lipinski definition) is 1. The van der Waals surface area contributed by atoms with Crippen LogP contribution in [-0.4, -0.2) is 29.5 Å². The molecule has 0 aliphatic carbocycles. The van der Waals surface area contributed by atoms with E-state index in [0.717, 1.165) is 35.2 Å². The van der Waals surface area contributed by atoms with E-state index in [-0.39, 0.29) is 6.10 Å². The highest BCUT2D eigenvalue weighted by Crippen LogP contribution is 2.27. The Morgan fingerprint density at radius 3 is 3.18 bits per heavy atom. The number of aryl methyl sites for hydroxylation is 1. The fraction of sp³-hybridized carbons (Fsp3) is 0.417. The molecule has 90 valence electrons. The minimum absolute atomic E-state index is 0.154. The highest BCUT2D eigenvalue weighted by atomic mass is 79.9. The van der Waals surface area contributed by atoms with Gasteiger partial charge in [0.2, 0.25) is 0 Å². The zero-order valence-electron chi connectivity index (χ0n) is 9.61. The largest absolute Gasteiger partial charge is 0.371 e. The Morgan fingerprint density at radius 1 is 1.53 bits per heavy atom. The molecule has 0 radical (unpaired) electrons. The summed E-state index contributed by atoms with van der Waals surface area (Å²) in [5, 5.41) is 8.84. The monoisotopic (exact) mass is 295 g/mol. The second kappa shape index (κ2) is 4.40. The quantitative estimate of drug-likeness (QED) is 0.875. The van der Waals surface area contributed by atoms with Gasteiger partial charge in [-0.2, -0.15) is 5.10 Å². The molecule has 4 nitrogen and oxygen atoms in total. The number of aromatic nitrogens is 2. The van der Waals surface area contributed by atoms with Gasteiger partial charge in [0.1, 0.15) is 4.60 Å². The number of fused-ring (bicyclic) bond motifs is 1. The van der Waals surface area contributed by atoms with Crippen molar-refractivity contribution >= 4 is 26.8 Å².